The SMILES string of the molecule is FC(F)(F)c1[nH]nc(-c2cccc3cccnc23)c1C(F)(F)F. The normalized spacial score (nSPS) is 12.8. The summed E-state index contributed by atoms with van der Waals surface area (Å²) in [5.41, 5.74) is -4.58. The van der Waals surface area contributed by atoms with Gasteiger partial charge in [-0.3, -0.25) is 10.1 Å². The average Bonchev–Trinajstić information content (AvgIpc) is 2.91. The van der Waals surface area contributed by atoms with E-state index in [-0.39, 0.29) is 11.1 Å². The minimum atomic E-state index is -5.22. The van der Waals surface area contributed by atoms with E-state index in [1.54, 1.807) is 18.2 Å². The number of alkyl halides is 6. The third-order valence-corrected chi connectivity index (χ3v) is 3.22. The van der Waals surface area contributed by atoms with Gasteiger partial charge in [-0.2, -0.15) is 31.4 Å². The van der Waals surface area contributed by atoms with Gasteiger partial charge in [0.15, 0.2) is 5.69 Å². The van der Waals surface area contributed by atoms with Crippen LogP contribution in [0.3, 0.4) is 0 Å². The van der Waals surface area contributed by atoms with Crippen LogP contribution in [0.25, 0.3) is 22.2 Å². The molecule has 1 aromatic carbocycles. The Bertz CT molecular complexity index is 858. The second-order valence-corrected chi connectivity index (χ2v) is 4.70. The van der Waals surface area contributed by atoms with Gasteiger partial charge >= 0.3 is 12.4 Å². The Morgan fingerprint density at radius 3 is 2.22 bits per heavy atom. The molecule has 0 spiro atoms. The topological polar surface area (TPSA) is 41.6 Å². The third kappa shape index (κ3) is 2.62. The fourth-order valence-electron chi connectivity index (χ4n) is 2.31. The minimum Gasteiger partial charge on any atom is -0.272 e. The molecule has 3 aromatic rings. The number of halogens is 6. The summed E-state index contributed by atoms with van der Waals surface area (Å²) in [6.45, 7) is 0. The summed E-state index contributed by atoms with van der Waals surface area (Å²) in [6.07, 6.45) is -9.07. The molecule has 2 aromatic heterocycles. The van der Waals surface area contributed by atoms with E-state index in [4.69, 9.17) is 0 Å². The Labute approximate surface area is 125 Å². The number of aromatic amines is 1. The first-order valence-corrected chi connectivity index (χ1v) is 6.26. The van der Waals surface area contributed by atoms with Crippen LogP contribution in [0, 0.1) is 0 Å². The lowest BCUT2D eigenvalue weighted by Crippen LogP contribution is -2.16. The molecule has 0 bridgehead atoms. The number of rotatable bonds is 1. The molecule has 120 valence electrons. The number of nitrogens with zero attached hydrogens (tertiary/aromatic N) is 2. The number of para-hydroxylation sites is 1. The van der Waals surface area contributed by atoms with Crippen molar-refractivity contribution < 1.29 is 26.3 Å². The molecule has 3 nitrogen and oxygen atoms in total. The molecule has 9 heteroatoms. The predicted octanol–water partition coefficient (Wildman–Crippen LogP) is 4.66. The molecule has 23 heavy (non-hydrogen) atoms. The zero-order chi connectivity index (χ0) is 16.8. The number of hydrogen-bond donors (Lipinski definition) is 1. The second-order valence-electron chi connectivity index (χ2n) is 4.70. The van der Waals surface area contributed by atoms with Gasteiger partial charge in [-0.05, 0) is 6.07 Å². The number of hydrogen-bond acceptors (Lipinski definition) is 2. The largest absolute Gasteiger partial charge is 0.433 e. The van der Waals surface area contributed by atoms with Crippen molar-refractivity contribution >= 4 is 10.9 Å². The lowest BCUT2D eigenvalue weighted by molar-refractivity contribution is -0.163. The van der Waals surface area contributed by atoms with E-state index >= 15 is 0 Å². The molecule has 0 unspecified atom stereocenters. The highest BCUT2D eigenvalue weighted by atomic mass is 19.4. The van der Waals surface area contributed by atoms with Gasteiger partial charge in [-0.25, -0.2) is 0 Å². The van der Waals surface area contributed by atoms with Crippen molar-refractivity contribution in [2.75, 3.05) is 0 Å². The van der Waals surface area contributed by atoms with Crippen LogP contribution in [-0.2, 0) is 12.4 Å². The van der Waals surface area contributed by atoms with Gasteiger partial charge in [-0.15, -0.1) is 0 Å². The molecule has 1 N–H and O–H groups in total. The highest BCUT2D eigenvalue weighted by Crippen LogP contribution is 2.44. The summed E-state index contributed by atoms with van der Waals surface area (Å²) in [6, 6.07) is 7.44. The minimum absolute atomic E-state index is 0.123. The summed E-state index contributed by atoms with van der Waals surface area (Å²) in [7, 11) is 0. The quantitative estimate of drug-likeness (QED) is 0.659. The highest BCUT2D eigenvalue weighted by Gasteiger charge is 2.48. The van der Waals surface area contributed by atoms with Gasteiger partial charge in [0.2, 0.25) is 0 Å². The fraction of sp³-hybridized carbons (Fsp3) is 0.143. The Balaban J connectivity index is 2.34. The zero-order valence-electron chi connectivity index (χ0n) is 11.1. The molecule has 3 rings (SSSR count). The summed E-state index contributed by atoms with van der Waals surface area (Å²) >= 11 is 0. The molecule has 0 atom stereocenters. The monoisotopic (exact) mass is 331 g/mol. The van der Waals surface area contributed by atoms with E-state index < -0.39 is 29.3 Å². The van der Waals surface area contributed by atoms with Crippen LogP contribution < -0.4 is 0 Å². The molecular formula is C14H7F6N3. The lowest BCUT2D eigenvalue weighted by Gasteiger charge is -2.12. The molecule has 0 fully saturated rings. The van der Waals surface area contributed by atoms with E-state index in [2.05, 4.69) is 10.1 Å². The molecule has 0 aliphatic heterocycles. The van der Waals surface area contributed by atoms with Crippen molar-refractivity contribution in [2.24, 2.45) is 0 Å². The van der Waals surface area contributed by atoms with Crippen molar-refractivity contribution in [3.05, 3.63) is 47.8 Å². The van der Waals surface area contributed by atoms with Crippen LogP contribution in [0.15, 0.2) is 36.5 Å². The number of H-pyrrole nitrogens is 1. The Morgan fingerprint density at radius 2 is 1.57 bits per heavy atom. The van der Waals surface area contributed by atoms with Gasteiger partial charge in [0.25, 0.3) is 0 Å². The van der Waals surface area contributed by atoms with Crippen LogP contribution in [0.4, 0.5) is 26.3 Å². The molecule has 0 aliphatic carbocycles. The molecule has 0 radical (unpaired) electrons. The first-order chi connectivity index (χ1) is 10.7. The Morgan fingerprint density at radius 1 is 0.870 bits per heavy atom. The summed E-state index contributed by atoms with van der Waals surface area (Å²) in [4.78, 5) is 3.95. The fourth-order valence-corrected chi connectivity index (χ4v) is 2.31. The average molecular weight is 331 g/mol. The second kappa shape index (κ2) is 4.97. The summed E-state index contributed by atoms with van der Waals surface area (Å²) < 4.78 is 78.0. The standard InChI is InChI=1S/C14H7F6N3/c15-13(16,17)9-11(22-23-12(9)14(18,19)20)8-5-1-3-7-4-2-6-21-10(7)8/h1-6H,(H,22,23). The van der Waals surface area contributed by atoms with Crippen LogP contribution in [-0.4, -0.2) is 15.2 Å². The number of fused-ring (bicyclic) bond motifs is 1. The molecular weight excluding hydrogens is 324 g/mol. The van der Waals surface area contributed by atoms with Gasteiger partial charge in [0.1, 0.15) is 11.3 Å². The van der Waals surface area contributed by atoms with Crippen molar-refractivity contribution in [2.45, 2.75) is 12.4 Å². The van der Waals surface area contributed by atoms with Gasteiger partial charge in [-0.1, -0.05) is 24.3 Å². The van der Waals surface area contributed by atoms with E-state index in [0.717, 1.165) is 0 Å². The Hall–Kier alpha value is -2.58. The third-order valence-electron chi connectivity index (χ3n) is 3.22. The van der Waals surface area contributed by atoms with Crippen LogP contribution >= 0.6 is 0 Å². The van der Waals surface area contributed by atoms with Gasteiger partial charge in [0.05, 0.1) is 5.52 Å². The van der Waals surface area contributed by atoms with E-state index in [1.165, 1.54) is 23.4 Å². The van der Waals surface area contributed by atoms with E-state index in [9.17, 15) is 26.3 Å². The Kier molecular flexibility index (Phi) is 3.31. The molecule has 2 heterocycles. The van der Waals surface area contributed by atoms with Crippen molar-refractivity contribution in [3.8, 4) is 11.3 Å². The number of pyridine rings is 1. The molecule has 0 amide bonds. The zero-order valence-corrected chi connectivity index (χ0v) is 11.1. The number of benzene rings is 1. The maximum atomic E-state index is 13.2. The molecule has 0 saturated carbocycles. The summed E-state index contributed by atoms with van der Waals surface area (Å²) in [5, 5.41) is 5.22. The van der Waals surface area contributed by atoms with Crippen molar-refractivity contribution in [1.29, 1.82) is 0 Å². The van der Waals surface area contributed by atoms with Crippen molar-refractivity contribution in [1.82, 2.24) is 15.2 Å². The molecule has 0 aliphatic rings. The van der Waals surface area contributed by atoms with Gasteiger partial charge in [0, 0.05) is 17.1 Å². The lowest BCUT2D eigenvalue weighted by atomic mass is 10.0. The first-order valence-electron chi connectivity index (χ1n) is 6.26. The summed E-state index contributed by atoms with van der Waals surface area (Å²) in [5.74, 6) is 0. The van der Waals surface area contributed by atoms with Gasteiger partial charge < -0.3 is 0 Å². The predicted molar refractivity (Wildman–Crippen MR) is 69.3 cm³/mol. The smallest absolute Gasteiger partial charge is 0.272 e. The van der Waals surface area contributed by atoms with Crippen LogP contribution in [0.5, 0.6) is 0 Å². The van der Waals surface area contributed by atoms with E-state index in [0.29, 0.717) is 5.39 Å². The first kappa shape index (κ1) is 15.3. The van der Waals surface area contributed by atoms with Crippen LogP contribution in [0.1, 0.15) is 11.3 Å². The number of aromatic nitrogens is 3. The molecule has 0 saturated heterocycles. The number of nitrogens with one attached hydrogen (secondary N) is 1. The van der Waals surface area contributed by atoms with E-state index in [1.807, 2.05) is 0 Å². The van der Waals surface area contributed by atoms with Crippen LogP contribution in [0.2, 0.25) is 0 Å². The maximum Gasteiger partial charge on any atom is 0.433 e. The highest BCUT2D eigenvalue weighted by molar-refractivity contribution is 5.93. The van der Waals surface area contributed by atoms with Crippen molar-refractivity contribution in [3.63, 3.8) is 0 Å². The maximum absolute atomic E-state index is 13.2.